The molecule has 5 nitrogen and oxygen atoms in total. The molecule has 0 aliphatic heterocycles. The zero-order valence-corrected chi connectivity index (χ0v) is 13.9. The SMILES string of the molecule is COc1ccc(OCCN(C)C(=O)c2ccc(OC)cc2F)cc1. The van der Waals surface area contributed by atoms with Gasteiger partial charge in [0.15, 0.2) is 0 Å². The molecule has 0 spiro atoms. The van der Waals surface area contributed by atoms with Crippen LogP contribution in [0.4, 0.5) is 4.39 Å². The van der Waals surface area contributed by atoms with Crippen molar-refractivity contribution < 1.29 is 23.4 Å². The highest BCUT2D eigenvalue weighted by Gasteiger charge is 2.16. The van der Waals surface area contributed by atoms with Gasteiger partial charge < -0.3 is 19.1 Å². The van der Waals surface area contributed by atoms with Gasteiger partial charge in [-0.25, -0.2) is 4.39 Å². The largest absolute Gasteiger partial charge is 0.497 e. The number of rotatable bonds is 7. The van der Waals surface area contributed by atoms with Crippen molar-refractivity contribution in [1.29, 1.82) is 0 Å². The van der Waals surface area contributed by atoms with Gasteiger partial charge in [-0.3, -0.25) is 4.79 Å². The highest BCUT2D eigenvalue weighted by Crippen LogP contribution is 2.18. The normalized spacial score (nSPS) is 10.2. The van der Waals surface area contributed by atoms with Crippen LogP contribution in [0, 0.1) is 5.82 Å². The summed E-state index contributed by atoms with van der Waals surface area (Å²) in [6.07, 6.45) is 0. The molecule has 2 aromatic rings. The molecule has 0 radical (unpaired) electrons. The van der Waals surface area contributed by atoms with Crippen LogP contribution >= 0.6 is 0 Å². The van der Waals surface area contributed by atoms with Gasteiger partial charge in [0.05, 0.1) is 26.3 Å². The van der Waals surface area contributed by atoms with E-state index in [0.29, 0.717) is 24.7 Å². The second-order valence-electron chi connectivity index (χ2n) is 5.10. The van der Waals surface area contributed by atoms with Gasteiger partial charge in [0.2, 0.25) is 0 Å². The topological polar surface area (TPSA) is 48.0 Å². The molecule has 128 valence electrons. The van der Waals surface area contributed by atoms with Gasteiger partial charge in [0.25, 0.3) is 5.91 Å². The van der Waals surface area contributed by atoms with E-state index in [1.54, 1.807) is 44.5 Å². The maximum Gasteiger partial charge on any atom is 0.256 e. The third kappa shape index (κ3) is 4.38. The Labute approximate surface area is 140 Å². The molecule has 0 N–H and O–H groups in total. The first-order valence-electron chi connectivity index (χ1n) is 7.41. The van der Waals surface area contributed by atoms with Gasteiger partial charge in [-0.05, 0) is 36.4 Å². The Kier molecular flexibility index (Phi) is 6.01. The number of amides is 1. The van der Waals surface area contributed by atoms with Crippen LogP contribution in [-0.2, 0) is 0 Å². The fourth-order valence-electron chi connectivity index (χ4n) is 2.08. The average Bonchev–Trinajstić information content (AvgIpc) is 2.61. The molecular weight excluding hydrogens is 313 g/mol. The molecule has 0 saturated heterocycles. The van der Waals surface area contributed by atoms with E-state index in [1.165, 1.54) is 24.1 Å². The first kappa shape index (κ1) is 17.6. The molecule has 0 aliphatic rings. The molecule has 0 unspecified atom stereocenters. The van der Waals surface area contributed by atoms with Crippen LogP contribution in [0.25, 0.3) is 0 Å². The van der Waals surface area contributed by atoms with Gasteiger partial charge in [-0.2, -0.15) is 0 Å². The summed E-state index contributed by atoms with van der Waals surface area (Å²) in [6, 6.07) is 11.3. The minimum atomic E-state index is -0.609. The van der Waals surface area contributed by atoms with E-state index in [0.717, 1.165) is 5.75 Å². The summed E-state index contributed by atoms with van der Waals surface area (Å²) in [5.41, 5.74) is 0.00254. The third-order valence-electron chi connectivity index (χ3n) is 3.51. The van der Waals surface area contributed by atoms with Crippen LogP contribution in [0.2, 0.25) is 0 Å². The van der Waals surface area contributed by atoms with Crippen LogP contribution < -0.4 is 14.2 Å². The van der Waals surface area contributed by atoms with Crippen LogP contribution in [0.5, 0.6) is 17.2 Å². The Morgan fingerprint density at radius 1 is 1.00 bits per heavy atom. The lowest BCUT2D eigenvalue weighted by Crippen LogP contribution is -2.31. The number of halogens is 1. The lowest BCUT2D eigenvalue weighted by molar-refractivity contribution is 0.0769. The number of benzene rings is 2. The number of ether oxygens (including phenoxy) is 3. The first-order valence-corrected chi connectivity index (χ1v) is 7.41. The van der Waals surface area contributed by atoms with Crippen molar-refractivity contribution in [3.05, 3.63) is 53.8 Å². The Morgan fingerprint density at radius 3 is 2.17 bits per heavy atom. The van der Waals surface area contributed by atoms with Gasteiger partial charge in [0, 0.05) is 13.1 Å². The van der Waals surface area contributed by atoms with Crippen molar-refractivity contribution >= 4 is 5.91 Å². The Balaban J connectivity index is 1.89. The molecule has 0 aliphatic carbocycles. The fourth-order valence-corrected chi connectivity index (χ4v) is 2.08. The average molecular weight is 333 g/mol. The number of carbonyl (C=O) groups excluding carboxylic acids is 1. The van der Waals surface area contributed by atoms with E-state index in [9.17, 15) is 9.18 Å². The minimum Gasteiger partial charge on any atom is -0.497 e. The molecule has 2 rings (SSSR count). The fraction of sp³-hybridized carbons (Fsp3) is 0.278. The molecular formula is C18H20FNO4. The molecule has 24 heavy (non-hydrogen) atoms. The quantitative estimate of drug-likeness (QED) is 0.781. The molecule has 0 bridgehead atoms. The van der Waals surface area contributed by atoms with E-state index in [2.05, 4.69) is 0 Å². The first-order chi connectivity index (χ1) is 11.5. The molecule has 1 amide bonds. The van der Waals surface area contributed by atoms with E-state index in [4.69, 9.17) is 14.2 Å². The van der Waals surface area contributed by atoms with Crippen LogP contribution in [0.1, 0.15) is 10.4 Å². The second kappa shape index (κ2) is 8.19. The Bertz CT molecular complexity index is 688. The lowest BCUT2D eigenvalue weighted by atomic mass is 10.2. The molecule has 6 heteroatoms. The summed E-state index contributed by atoms with van der Waals surface area (Å²) in [6.45, 7) is 0.628. The summed E-state index contributed by atoms with van der Waals surface area (Å²) < 4.78 is 29.5. The monoisotopic (exact) mass is 333 g/mol. The van der Waals surface area contributed by atoms with Crippen molar-refractivity contribution in [3.8, 4) is 17.2 Å². The van der Waals surface area contributed by atoms with Gasteiger partial charge in [-0.1, -0.05) is 0 Å². The van der Waals surface area contributed by atoms with E-state index >= 15 is 0 Å². The molecule has 0 fully saturated rings. The third-order valence-corrected chi connectivity index (χ3v) is 3.51. The number of hydrogen-bond acceptors (Lipinski definition) is 4. The van der Waals surface area contributed by atoms with Gasteiger partial charge in [-0.15, -0.1) is 0 Å². The number of methoxy groups -OCH3 is 2. The van der Waals surface area contributed by atoms with Crippen LogP contribution in [0.3, 0.4) is 0 Å². The highest BCUT2D eigenvalue weighted by atomic mass is 19.1. The zero-order valence-electron chi connectivity index (χ0n) is 13.9. The summed E-state index contributed by atoms with van der Waals surface area (Å²) in [5, 5.41) is 0. The number of carbonyl (C=O) groups is 1. The Morgan fingerprint density at radius 2 is 1.58 bits per heavy atom. The maximum absolute atomic E-state index is 13.9. The van der Waals surface area contributed by atoms with Crippen molar-refractivity contribution in [2.45, 2.75) is 0 Å². The summed E-state index contributed by atoms with van der Waals surface area (Å²) in [5.74, 6) is 0.766. The Hall–Kier alpha value is -2.76. The van der Waals surface area contributed by atoms with Crippen molar-refractivity contribution in [2.24, 2.45) is 0 Å². The summed E-state index contributed by atoms with van der Waals surface area (Å²) in [7, 11) is 4.64. The minimum absolute atomic E-state index is 0.00254. The van der Waals surface area contributed by atoms with Crippen LogP contribution in [-0.4, -0.2) is 45.2 Å². The predicted octanol–water partition coefficient (Wildman–Crippen LogP) is 2.99. The molecule has 0 heterocycles. The van der Waals surface area contributed by atoms with Crippen LogP contribution in [0.15, 0.2) is 42.5 Å². The van der Waals surface area contributed by atoms with Gasteiger partial charge in [0.1, 0.15) is 29.7 Å². The molecule has 0 saturated carbocycles. The number of hydrogen-bond donors (Lipinski definition) is 0. The van der Waals surface area contributed by atoms with Crippen molar-refractivity contribution in [2.75, 3.05) is 34.4 Å². The highest BCUT2D eigenvalue weighted by molar-refractivity contribution is 5.94. The van der Waals surface area contributed by atoms with E-state index < -0.39 is 11.7 Å². The smallest absolute Gasteiger partial charge is 0.256 e. The summed E-state index contributed by atoms with van der Waals surface area (Å²) >= 11 is 0. The van der Waals surface area contributed by atoms with Crippen molar-refractivity contribution in [1.82, 2.24) is 4.90 Å². The molecule has 2 aromatic carbocycles. The van der Waals surface area contributed by atoms with E-state index in [1.807, 2.05) is 0 Å². The lowest BCUT2D eigenvalue weighted by Gasteiger charge is -2.18. The second-order valence-corrected chi connectivity index (χ2v) is 5.10. The number of likely N-dealkylation sites (N-methyl/N-ethyl adjacent to an activating group) is 1. The number of nitrogens with zero attached hydrogens (tertiary/aromatic N) is 1. The zero-order chi connectivity index (χ0) is 17.5. The summed E-state index contributed by atoms with van der Waals surface area (Å²) in [4.78, 5) is 13.7. The molecule has 0 aromatic heterocycles. The van der Waals surface area contributed by atoms with Crippen molar-refractivity contribution in [3.63, 3.8) is 0 Å². The maximum atomic E-state index is 13.9. The predicted molar refractivity (Wildman–Crippen MR) is 88.4 cm³/mol. The van der Waals surface area contributed by atoms with E-state index in [-0.39, 0.29) is 5.56 Å². The molecule has 0 atom stereocenters. The van der Waals surface area contributed by atoms with Gasteiger partial charge >= 0.3 is 0 Å². The standard InChI is InChI=1S/C18H20FNO4/c1-20(10-11-24-14-6-4-13(22-2)5-7-14)18(21)16-9-8-15(23-3)12-17(16)19/h4-9,12H,10-11H2,1-3H3.